The second-order valence-corrected chi connectivity index (χ2v) is 5.56. The number of hydrogen-bond donors (Lipinski definition) is 0. The first-order valence-electron chi connectivity index (χ1n) is 6.84. The Bertz CT molecular complexity index is 483. The first kappa shape index (κ1) is 16.2. The Kier molecular flexibility index (Phi) is 5.75. The van der Waals surface area contributed by atoms with Crippen LogP contribution in [0.1, 0.15) is 38.7 Å². The maximum absolute atomic E-state index is 12.3. The molecule has 0 radical (unpaired) electrons. The lowest BCUT2D eigenvalue weighted by atomic mass is 9.71. The van der Waals surface area contributed by atoms with Crippen LogP contribution in [0.2, 0.25) is 0 Å². The van der Waals surface area contributed by atoms with Gasteiger partial charge in [0.15, 0.2) is 0 Å². The largest absolute Gasteiger partial charge is 0.469 e. The molecule has 0 fully saturated rings. The molecule has 20 heavy (non-hydrogen) atoms. The molecule has 0 aromatic heterocycles. The van der Waals surface area contributed by atoms with Gasteiger partial charge in [-0.3, -0.25) is 4.79 Å². The van der Waals surface area contributed by atoms with Gasteiger partial charge in [-0.2, -0.15) is 0 Å². The van der Waals surface area contributed by atoms with Crippen LogP contribution < -0.4 is 0 Å². The van der Waals surface area contributed by atoms with Gasteiger partial charge in [-0.25, -0.2) is 0 Å². The molecule has 2 nitrogen and oxygen atoms in total. The first-order valence-corrected chi connectivity index (χ1v) is 6.84. The van der Waals surface area contributed by atoms with Crippen molar-refractivity contribution in [1.82, 2.24) is 0 Å². The van der Waals surface area contributed by atoms with E-state index < -0.39 is 0 Å². The van der Waals surface area contributed by atoms with Crippen LogP contribution >= 0.6 is 0 Å². The number of rotatable bonds is 6. The van der Waals surface area contributed by atoms with E-state index in [9.17, 15) is 4.79 Å². The zero-order valence-electron chi connectivity index (χ0n) is 12.8. The highest BCUT2D eigenvalue weighted by Crippen LogP contribution is 2.41. The highest BCUT2D eigenvalue weighted by Gasteiger charge is 2.38. The Labute approximate surface area is 122 Å². The Morgan fingerprint density at radius 2 is 1.95 bits per heavy atom. The number of carbonyl (C=O) groups is 1. The number of ether oxygens (including phenoxy) is 1. The third-order valence-electron chi connectivity index (χ3n) is 3.65. The third-order valence-corrected chi connectivity index (χ3v) is 3.65. The van der Waals surface area contributed by atoms with E-state index in [0.29, 0.717) is 0 Å². The fourth-order valence-corrected chi connectivity index (χ4v) is 2.29. The minimum absolute atomic E-state index is 0.222. The van der Waals surface area contributed by atoms with Gasteiger partial charge in [0.1, 0.15) is 0 Å². The maximum Gasteiger partial charge on any atom is 0.314 e. The summed E-state index contributed by atoms with van der Waals surface area (Å²) in [5, 5.41) is 0. The van der Waals surface area contributed by atoms with Gasteiger partial charge in [-0.15, -0.1) is 6.58 Å². The van der Waals surface area contributed by atoms with Crippen molar-refractivity contribution in [2.24, 2.45) is 5.41 Å². The van der Waals surface area contributed by atoms with E-state index >= 15 is 0 Å². The van der Waals surface area contributed by atoms with E-state index in [1.165, 1.54) is 12.7 Å². The molecule has 0 saturated carbocycles. The van der Waals surface area contributed by atoms with Crippen molar-refractivity contribution in [1.29, 1.82) is 0 Å². The third kappa shape index (κ3) is 3.83. The summed E-state index contributed by atoms with van der Waals surface area (Å²) in [6.45, 7) is 10.1. The molecule has 0 bridgehead atoms. The van der Waals surface area contributed by atoms with Gasteiger partial charge in [-0.1, -0.05) is 55.0 Å². The molecule has 2 atom stereocenters. The Morgan fingerprint density at radius 1 is 1.35 bits per heavy atom. The molecular formula is C18H24O2. The molecule has 0 heterocycles. The average Bonchev–Trinajstić information content (AvgIpc) is 2.46. The Hall–Kier alpha value is -1.83. The molecule has 1 aromatic rings. The van der Waals surface area contributed by atoms with Gasteiger partial charge in [0.05, 0.1) is 13.0 Å². The highest BCUT2D eigenvalue weighted by atomic mass is 16.5. The molecule has 0 aliphatic heterocycles. The molecule has 0 saturated heterocycles. The fourth-order valence-electron chi connectivity index (χ4n) is 2.29. The van der Waals surface area contributed by atoms with Gasteiger partial charge in [0, 0.05) is 5.41 Å². The van der Waals surface area contributed by atoms with Crippen LogP contribution in [0.15, 0.2) is 54.6 Å². The van der Waals surface area contributed by atoms with E-state index in [4.69, 9.17) is 4.74 Å². The van der Waals surface area contributed by atoms with E-state index in [-0.39, 0.29) is 17.3 Å². The maximum atomic E-state index is 12.3. The summed E-state index contributed by atoms with van der Waals surface area (Å²) in [5.74, 6) is -0.567. The minimum Gasteiger partial charge on any atom is -0.469 e. The SMILES string of the molecule is C=CC(C)(CC=C(C)C)C(C(=O)OC)c1ccccc1. The summed E-state index contributed by atoms with van der Waals surface area (Å²) < 4.78 is 5.01. The zero-order chi connectivity index (χ0) is 15.2. The normalized spacial score (nSPS) is 14.8. The van der Waals surface area contributed by atoms with Gasteiger partial charge in [0.2, 0.25) is 0 Å². The van der Waals surface area contributed by atoms with Crippen molar-refractivity contribution in [3.05, 3.63) is 60.2 Å². The number of carbonyl (C=O) groups excluding carboxylic acids is 1. The summed E-state index contributed by atoms with van der Waals surface area (Å²) in [5.41, 5.74) is 1.82. The molecule has 0 aliphatic rings. The molecule has 0 N–H and O–H groups in total. The number of benzene rings is 1. The second-order valence-electron chi connectivity index (χ2n) is 5.56. The molecule has 1 aromatic carbocycles. The molecule has 2 unspecified atom stereocenters. The molecule has 0 aliphatic carbocycles. The number of hydrogen-bond acceptors (Lipinski definition) is 2. The van der Waals surface area contributed by atoms with Crippen LogP contribution in [0, 0.1) is 5.41 Å². The van der Waals surface area contributed by atoms with Crippen molar-refractivity contribution in [2.75, 3.05) is 7.11 Å². The summed E-state index contributed by atoms with van der Waals surface area (Å²) in [7, 11) is 1.43. The molecule has 2 heteroatoms. The lowest BCUT2D eigenvalue weighted by Gasteiger charge is -2.33. The van der Waals surface area contributed by atoms with Crippen molar-refractivity contribution in [2.45, 2.75) is 33.1 Å². The second kappa shape index (κ2) is 7.09. The van der Waals surface area contributed by atoms with Crippen LogP contribution in [0.3, 0.4) is 0 Å². The molecular weight excluding hydrogens is 248 g/mol. The predicted molar refractivity (Wildman–Crippen MR) is 83.6 cm³/mol. The van der Waals surface area contributed by atoms with E-state index in [2.05, 4.69) is 26.5 Å². The number of methoxy groups -OCH3 is 1. The van der Waals surface area contributed by atoms with Crippen molar-refractivity contribution in [3.63, 3.8) is 0 Å². The molecule has 0 spiro atoms. The van der Waals surface area contributed by atoms with E-state index in [1.54, 1.807) is 0 Å². The zero-order valence-corrected chi connectivity index (χ0v) is 12.8. The predicted octanol–water partition coefficient (Wildman–Crippen LogP) is 4.49. The summed E-state index contributed by atoms with van der Waals surface area (Å²) in [4.78, 5) is 12.3. The fraction of sp³-hybridized carbons (Fsp3) is 0.389. The van der Waals surface area contributed by atoms with Crippen LogP contribution in [-0.4, -0.2) is 13.1 Å². The van der Waals surface area contributed by atoms with Crippen LogP contribution in [0.25, 0.3) is 0 Å². The summed E-state index contributed by atoms with van der Waals surface area (Å²) in [6.07, 6.45) is 4.76. The molecule has 0 amide bonds. The monoisotopic (exact) mass is 272 g/mol. The molecule has 1 rings (SSSR count). The van der Waals surface area contributed by atoms with Gasteiger partial charge in [-0.05, 0) is 25.8 Å². The summed E-state index contributed by atoms with van der Waals surface area (Å²) in [6, 6.07) is 9.75. The van der Waals surface area contributed by atoms with Crippen LogP contribution in [-0.2, 0) is 9.53 Å². The Balaban J connectivity index is 3.24. The van der Waals surface area contributed by atoms with Crippen LogP contribution in [0.5, 0.6) is 0 Å². The topological polar surface area (TPSA) is 26.3 Å². The minimum atomic E-state index is -0.369. The smallest absolute Gasteiger partial charge is 0.314 e. The van der Waals surface area contributed by atoms with Crippen molar-refractivity contribution < 1.29 is 9.53 Å². The lowest BCUT2D eigenvalue weighted by molar-refractivity contribution is -0.144. The number of esters is 1. The molecule has 108 valence electrons. The van der Waals surface area contributed by atoms with Crippen molar-refractivity contribution >= 4 is 5.97 Å². The van der Waals surface area contributed by atoms with E-state index in [0.717, 1.165) is 12.0 Å². The summed E-state index contributed by atoms with van der Waals surface area (Å²) >= 11 is 0. The first-order chi connectivity index (χ1) is 9.44. The quantitative estimate of drug-likeness (QED) is 0.563. The Morgan fingerprint density at radius 3 is 2.40 bits per heavy atom. The van der Waals surface area contributed by atoms with Gasteiger partial charge in [0.25, 0.3) is 0 Å². The highest BCUT2D eigenvalue weighted by molar-refractivity contribution is 5.79. The van der Waals surface area contributed by atoms with Gasteiger partial charge < -0.3 is 4.74 Å². The van der Waals surface area contributed by atoms with Crippen molar-refractivity contribution in [3.8, 4) is 0 Å². The van der Waals surface area contributed by atoms with Crippen LogP contribution in [0.4, 0.5) is 0 Å². The standard InChI is InChI=1S/C18H24O2/c1-6-18(4,13-12-14(2)3)16(17(19)20-5)15-10-8-7-9-11-15/h6-12,16H,1,13H2,2-5H3. The lowest BCUT2D eigenvalue weighted by Crippen LogP contribution is -2.30. The average molecular weight is 272 g/mol. The van der Waals surface area contributed by atoms with E-state index in [1.807, 2.05) is 43.3 Å². The number of allylic oxidation sites excluding steroid dienone is 3. The van der Waals surface area contributed by atoms with Gasteiger partial charge >= 0.3 is 5.97 Å².